The van der Waals surface area contributed by atoms with Gasteiger partial charge in [-0.05, 0) is 36.2 Å². The summed E-state index contributed by atoms with van der Waals surface area (Å²) in [6.07, 6.45) is -1.87. The zero-order valence-electron chi connectivity index (χ0n) is 16.1. The van der Waals surface area contributed by atoms with Crippen LogP contribution in [0.1, 0.15) is 40.5 Å². The first-order chi connectivity index (χ1) is 14.1. The standard InChI is InChI=1S/C21H20Cl2N2O5/c1-10(20(27)28)11-3-5-12(6-4-11)18(21(29)30)24-19(26)16-9-13-15(25(16)2)8-7-14(22)17(13)23/h3-10,18,21,29-30H,1-2H3,(H,24,26)(H,27,28)/t10?,18-/m0/s1. The lowest BCUT2D eigenvalue weighted by Gasteiger charge is -2.21. The third kappa shape index (κ3) is 4.15. The molecule has 9 heteroatoms. The van der Waals surface area contributed by atoms with Gasteiger partial charge in [-0.25, -0.2) is 0 Å². The van der Waals surface area contributed by atoms with Crippen molar-refractivity contribution < 1.29 is 24.9 Å². The zero-order chi connectivity index (χ0) is 22.2. The molecule has 1 heterocycles. The van der Waals surface area contributed by atoms with E-state index in [0.29, 0.717) is 32.1 Å². The van der Waals surface area contributed by atoms with E-state index in [9.17, 15) is 19.8 Å². The van der Waals surface area contributed by atoms with Gasteiger partial charge in [0.05, 0.1) is 16.0 Å². The van der Waals surface area contributed by atoms with Crippen molar-refractivity contribution in [3.05, 3.63) is 69.3 Å². The van der Waals surface area contributed by atoms with Crippen molar-refractivity contribution in [2.75, 3.05) is 0 Å². The molecule has 1 amide bonds. The molecule has 0 aliphatic heterocycles. The van der Waals surface area contributed by atoms with Crippen molar-refractivity contribution in [3.8, 4) is 0 Å². The quantitative estimate of drug-likeness (QED) is 0.429. The Morgan fingerprint density at radius 1 is 1.03 bits per heavy atom. The van der Waals surface area contributed by atoms with Gasteiger partial charge in [-0.15, -0.1) is 0 Å². The average Bonchev–Trinajstić information content (AvgIpc) is 3.05. The molecule has 3 aromatic rings. The van der Waals surface area contributed by atoms with E-state index >= 15 is 0 Å². The number of hydrogen-bond acceptors (Lipinski definition) is 4. The molecule has 4 N–H and O–H groups in total. The van der Waals surface area contributed by atoms with E-state index in [1.54, 1.807) is 61.0 Å². The minimum absolute atomic E-state index is 0.260. The fraction of sp³-hybridized carbons (Fsp3) is 0.238. The van der Waals surface area contributed by atoms with Gasteiger partial charge in [-0.1, -0.05) is 47.5 Å². The highest BCUT2D eigenvalue weighted by Gasteiger charge is 2.25. The van der Waals surface area contributed by atoms with Crippen LogP contribution in [-0.4, -0.2) is 38.1 Å². The summed E-state index contributed by atoms with van der Waals surface area (Å²) < 4.78 is 1.63. The summed E-state index contributed by atoms with van der Waals surface area (Å²) >= 11 is 12.3. The topological polar surface area (TPSA) is 112 Å². The van der Waals surface area contributed by atoms with Crippen molar-refractivity contribution in [1.29, 1.82) is 0 Å². The van der Waals surface area contributed by atoms with Crippen LogP contribution in [0.3, 0.4) is 0 Å². The number of rotatable bonds is 6. The maximum absolute atomic E-state index is 12.9. The number of fused-ring (bicyclic) bond motifs is 1. The summed E-state index contributed by atoms with van der Waals surface area (Å²) in [5, 5.41) is 32.6. The van der Waals surface area contributed by atoms with Crippen LogP contribution in [0.5, 0.6) is 0 Å². The minimum atomic E-state index is -1.87. The number of carbonyl (C=O) groups excluding carboxylic acids is 1. The second-order valence-corrected chi connectivity index (χ2v) is 7.76. The van der Waals surface area contributed by atoms with Crippen LogP contribution in [0.25, 0.3) is 10.9 Å². The number of carboxylic acid groups (broad SMARTS) is 1. The lowest BCUT2D eigenvalue weighted by Crippen LogP contribution is -2.37. The van der Waals surface area contributed by atoms with Crippen molar-refractivity contribution in [2.45, 2.75) is 25.2 Å². The molecule has 7 nitrogen and oxygen atoms in total. The third-order valence-electron chi connectivity index (χ3n) is 5.10. The first-order valence-electron chi connectivity index (χ1n) is 9.05. The van der Waals surface area contributed by atoms with Crippen LogP contribution in [-0.2, 0) is 11.8 Å². The van der Waals surface area contributed by atoms with Crippen LogP contribution in [0.15, 0.2) is 42.5 Å². The number of carbonyl (C=O) groups is 2. The maximum atomic E-state index is 12.9. The molecular weight excluding hydrogens is 431 g/mol. The van der Waals surface area contributed by atoms with Gasteiger partial charge in [-0.3, -0.25) is 9.59 Å². The molecule has 1 aromatic heterocycles. The predicted octanol–water partition coefficient (Wildman–Crippen LogP) is 3.46. The molecule has 3 rings (SSSR count). The van der Waals surface area contributed by atoms with Gasteiger partial charge in [0.1, 0.15) is 11.7 Å². The lowest BCUT2D eigenvalue weighted by molar-refractivity contribution is -0.138. The van der Waals surface area contributed by atoms with Gasteiger partial charge in [0.25, 0.3) is 5.91 Å². The number of benzene rings is 2. The maximum Gasteiger partial charge on any atom is 0.310 e. The lowest BCUT2D eigenvalue weighted by atomic mass is 9.97. The van der Waals surface area contributed by atoms with E-state index in [4.69, 9.17) is 28.3 Å². The van der Waals surface area contributed by atoms with E-state index in [2.05, 4.69) is 5.32 Å². The highest BCUT2D eigenvalue weighted by atomic mass is 35.5. The molecule has 0 aliphatic carbocycles. The summed E-state index contributed by atoms with van der Waals surface area (Å²) in [7, 11) is 1.69. The Labute approximate surface area is 182 Å². The first-order valence-corrected chi connectivity index (χ1v) is 9.80. The number of aliphatic hydroxyl groups is 2. The largest absolute Gasteiger partial charge is 0.481 e. The van der Waals surface area contributed by atoms with Crippen LogP contribution in [0.2, 0.25) is 10.0 Å². The molecule has 0 bridgehead atoms. The molecule has 1 unspecified atom stereocenters. The Hall–Kier alpha value is -2.58. The van der Waals surface area contributed by atoms with E-state index < -0.39 is 30.1 Å². The molecule has 158 valence electrons. The minimum Gasteiger partial charge on any atom is -0.481 e. The van der Waals surface area contributed by atoms with E-state index in [0.717, 1.165) is 0 Å². The Bertz CT molecular complexity index is 1110. The van der Waals surface area contributed by atoms with Crippen molar-refractivity contribution in [1.82, 2.24) is 9.88 Å². The number of aliphatic hydroxyl groups excluding tert-OH is 1. The predicted molar refractivity (Wildman–Crippen MR) is 114 cm³/mol. The Balaban J connectivity index is 1.90. The molecule has 0 aliphatic rings. The molecule has 30 heavy (non-hydrogen) atoms. The number of halogens is 2. The Morgan fingerprint density at radius 3 is 2.20 bits per heavy atom. The molecule has 0 saturated carbocycles. The summed E-state index contributed by atoms with van der Waals surface area (Å²) in [6, 6.07) is 10.1. The number of amides is 1. The second kappa shape index (κ2) is 8.65. The smallest absolute Gasteiger partial charge is 0.310 e. The van der Waals surface area contributed by atoms with Gasteiger partial charge in [-0.2, -0.15) is 0 Å². The SMILES string of the molecule is CC(C(=O)O)c1ccc([C@H](NC(=O)c2cc3c(Cl)c(Cl)ccc3n2C)C(O)O)cc1. The fourth-order valence-corrected chi connectivity index (χ4v) is 3.63. The number of aryl methyl sites for hydroxylation is 1. The summed E-state index contributed by atoms with van der Waals surface area (Å²) in [6.45, 7) is 1.55. The van der Waals surface area contributed by atoms with Crippen LogP contribution >= 0.6 is 23.2 Å². The van der Waals surface area contributed by atoms with Gasteiger partial charge in [0, 0.05) is 18.0 Å². The fourth-order valence-electron chi connectivity index (χ4n) is 3.25. The Kier molecular flexibility index (Phi) is 6.38. The summed E-state index contributed by atoms with van der Waals surface area (Å²) in [5.41, 5.74) is 1.93. The summed E-state index contributed by atoms with van der Waals surface area (Å²) in [5.74, 6) is -2.22. The number of nitrogens with zero attached hydrogens (tertiary/aromatic N) is 1. The highest BCUT2D eigenvalue weighted by molar-refractivity contribution is 6.45. The third-order valence-corrected chi connectivity index (χ3v) is 5.92. The monoisotopic (exact) mass is 450 g/mol. The molecule has 2 aromatic carbocycles. The van der Waals surface area contributed by atoms with Gasteiger partial charge in [0.2, 0.25) is 0 Å². The van der Waals surface area contributed by atoms with Gasteiger partial charge < -0.3 is 25.2 Å². The zero-order valence-corrected chi connectivity index (χ0v) is 17.6. The van der Waals surface area contributed by atoms with Crippen molar-refractivity contribution in [2.24, 2.45) is 7.05 Å². The number of hydrogen-bond donors (Lipinski definition) is 4. The number of nitrogens with one attached hydrogen (secondary N) is 1. The second-order valence-electron chi connectivity index (χ2n) is 6.97. The molecule has 0 saturated heterocycles. The molecule has 0 fully saturated rings. The van der Waals surface area contributed by atoms with Crippen molar-refractivity contribution >= 4 is 46.0 Å². The molecule has 2 atom stereocenters. The first kappa shape index (κ1) is 22.1. The van der Waals surface area contributed by atoms with Gasteiger partial charge >= 0.3 is 5.97 Å². The number of carboxylic acids is 1. The van der Waals surface area contributed by atoms with Crippen LogP contribution < -0.4 is 5.32 Å². The average molecular weight is 451 g/mol. The Morgan fingerprint density at radius 2 is 1.63 bits per heavy atom. The van der Waals surface area contributed by atoms with E-state index in [1.165, 1.54) is 0 Å². The normalized spacial score (nSPS) is 13.4. The van der Waals surface area contributed by atoms with Crippen LogP contribution in [0, 0.1) is 0 Å². The van der Waals surface area contributed by atoms with E-state index in [1.807, 2.05) is 0 Å². The number of aliphatic carboxylic acids is 1. The van der Waals surface area contributed by atoms with Crippen molar-refractivity contribution in [3.63, 3.8) is 0 Å². The highest BCUT2D eigenvalue weighted by Crippen LogP contribution is 2.32. The number of aromatic nitrogens is 1. The molecular formula is C21H20Cl2N2O5. The molecule has 0 spiro atoms. The van der Waals surface area contributed by atoms with Gasteiger partial charge in [0.15, 0.2) is 6.29 Å². The van der Waals surface area contributed by atoms with E-state index in [-0.39, 0.29) is 5.69 Å². The van der Waals surface area contributed by atoms with Crippen LogP contribution in [0.4, 0.5) is 0 Å². The molecule has 0 radical (unpaired) electrons. The summed E-state index contributed by atoms with van der Waals surface area (Å²) in [4.78, 5) is 24.0.